The molecule has 0 bridgehead atoms. The molecule has 1 aromatic heterocycles. The number of esters is 2. The first kappa shape index (κ1) is 15.7. The largest absolute Gasteiger partial charge is 0.465 e. The van der Waals surface area contributed by atoms with Crippen LogP contribution in [0.5, 0.6) is 0 Å². The van der Waals surface area contributed by atoms with Crippen molar-refractivity contribution < 1.29 is 19.1 Å². The average Bonchev–Trinajstić information content (AvgIpc) is 2.89. The summed E-state index contributed by atoms with van der Waals surface area (Å²) in [4.78, 5) is 25.2. The summed E-state index contributed by atoms with van der Waals surface area (Å²) in [7, 11) is 0. The molecular formula is C14H20O4S. The highest BCUT2D eigenvalue weighted by Gasteiger charge is 2.43. The Hall–Kier alpha value is -1.36. The Morgan fingerprint density at radius 2 is 1.79 bits per heavy atom. The third kappa shape index (κ3) is 4.06. The van der Waals surface area contributed by atoms with Gasteiger partial charge >= 0.3 is 11.9 Å². The Labute approximate surface area is 117 Å². The SMILES string of the molecule is CCOC(=O)C(C)(CCc1cccs1)C(=O)OCC. The van der Waals surface area contributed by atoms with Crippen LogP contribution in [-0.4, -0.2) is 25.2 Å². The molecule has 0 fully saturated rings. The van der Waals surface area contributed by atoms with Crippen LogP contribution in [-0.2, 0) is 25.5 Å². The zero-order valence-electron chi connectivity index (χ0n) is 11.6. The van der Waals surface area contributed by atoms with Gasteiger partial charge in [-0.3, -0.25) is 9.59 Å². The lowest BCUT2D eigenvalue weighted by atomic mass is 9.85. The number of hydrogen-bond donors (Lipinski definition) is 0. The second kappa shape index (κ2) is 7.28. The highest BCUT2D eigenvalue weighted by Crippen LogP contribution is 2.28. The van der Waals surface area contributed by atoms with Crippen molar-refractivity contribution in [3.63, 3.8) is 0 Å². The summed E-state index contributed by atoms with van der Waals surface area (Å²) in [5.74, 6) is -1.02. The fourth-order valence-electron chi connectivity index (χ4n) is 1.70. The predicted molar refractivity (Wildman–Crippen MR) is 74.0 cm³/mol. The van der Waals surface area contributed by atoms with E-state index >= 15 is 0 Å². The third-order valence-corrected chi connectivity index (χ3v) is 3.84. The number of aryl methyl sites for hydroxylation is 1. The normalized spacial score (nSPS) is 11.1. The average molecular weight is 284 g/mol. The summed E-state index contributed by atoms with van der Waals surface area (Å²) >= 11 is 1.61. The van der Waals surface area contributed by atoms with Crippen LogP contribution in [0.4, 0.5) is 0 Å². The van der Waals surface area contributed by atoms with Gasteiger partial charge in [-0.05, 0) is 45.1 Å². The Balaban J connectivity index is 2.78. The Bertz CT molecular complexity index is 393. The fourth-order valence-corrected chi connectivity index (χ4v) is 2.41. The second-order valence-corrected chi connectivity index (χ2v) is 5.38. The summed E-state index contributed by atoms with van der Waals surface area (Å²) in [5.41, 5.74) is -1.23. The lowest BCUT2D eigenvalue weighted by Crippen LogP contribution is -2.40. The Morgan fingerprint density at radius 1 is 1.21 bits per heavy atom. The minimum atomic E-state index is -1.23. The summed E-state index contributed by atoms with van der Waals surface area (Å²) in [6, 6.07) is 3.94. The maximum Gasteiger partial charge on any atom is 0.323 e. The number of carbonyl (C=O) groups excluding carboxylic acids is 2. The van der Waals surface area contributed by atoms with E-state index in [2.05, 4.69) is 0 Å². The van der Waals surface area contributed by atoms with Crippen LogP contribution in [0.15, 0.2) is 17.5 Å². The van der Waals surface area contributed by atoms with Crippen molar-refractivity contribution >= 4 is 23.3 Å². The molecule has 0 saturated heterocycles. The van der Waals surface area contributed by atoms with Gasteiger partial charge in [0, 0.05) is 4.88 Å². The molecule has 4 nitrogen and oxygen atoms in total. The molecule has 0 amide bonds. The second-order valence-electron chi connectivity index (χ2n) is 4.35. The number of rotatable bonds is 7. The summed E-state index contributed by atoms with van der Waals surface area (Å²) in [6.45, 7) is 5.56. The van der Waals surface area contributed by atoms with E-state index in [9.17, 15) is 9.59 Å². The van der Waals surface area contributed by atoms with E-state index in [4.69, 9.17) is 9.47 Å². The fraction of sp³-hybridized carbons (Fsp3) is 0.571. The van der Waals surface area contributed by atoms with Gasteiger partial charge in [-0.2, -0.15) is 0 Å². The van der Waals surface area contributed by atoms with E-state index in [1.807, 2.05) is 17.5 Å². The van der Waals surface area contributed by atoms with Gasteiger partial charge in [0.15, 0.2) is 5.41 Å². The monoisotopic (exact) mass is 284 g/mol. The highest BCUT2D eigenvalue weighted by molar-refractivity contribution is 7.09. The molecule has 0 aromatic carbocycles. The molecule has 19 heavy (non-hydrogen) atoms. The molecular weight excluding hydrogens is 264 g/mol. The molecule has 0 aliphatic rings. The predicted octanol–water partition coefficient (Wildman–Crippen LogP) is 2.81. The van der Waals surface area contributed by atoms with Crippen molar-refractivity contribution in [3.05, 3.63) is 22.4 Å². The Morgan fingerprint density at radius 3 is 2.21 bits per heavy atom. The van der Waals surface area contributed by atoms with Crippen molar-refractivity contribution in [2.45, 2.75) is 33.6 Å². The van der Waals surface area contributed by atoms with Gasteiger partial charge in [-0.15, -0.1) is 11.3 Å². The van der Waals surface area contributed by atoms with Crippen LogP contribution in [0, 0.1) is 5.41 Å². The van der Waals surface area contributed by atoms with Crippen molar-refractivity contribution in [2.24, 2.45) is 5.41 Å². The van der Waals surface area contributed by atoms with Crippen LogP contribution in [0.1, 0.15) is 32.1 Å². The molecule has 5 heteroatoms. The van der Waals surface area contributed by atoms with Gasteiger partial charge in [0.05, 0.1) is 13.2 Å². The van der Waals surface area contributed by atoms with Crippen LogP contribution in [0.25, 0.3) is 0 Å². The lowest BCUT2D eigenvalue weighted by molar-refractivity contribution is -0.171. The maximum absolute atomic E-state index is 12.0. The highest BCUT2D eigenvalue weighted by atomic mass is 32.1. The van der Waals surface area contributed by atoms with E-state index in [0.717, 1.165) is 4.88 Å². The zero-order valence-corrected chi connectivity index (χ0v) is 12.4. The minimum Gasteiger partial charge on any atom is -0.465 e. The molecule has 0 atom stereocenters. The minimum absolute atomic E-state index is 0.257. The van der Waals surface area contributed by atoms with Crippen molar-refractivity contribution in [2.75, 3.05) is 13.2 Å². The first-order chi connectivity index (χ1) is 9.04. The molecule has 0 aliphatic carbocycles. The van der Waals surface area contributed by atoms with Gasteiger partial charge in [0.1, 0.15) is 0 Å². The molecule has 0 N–H and O–H groups in total. The van der Waals surface area contributed by atoms with E-state index in [1.165, 1.54) is 0 Å². The molecule has 1 aromatic rings. The van der Waals surface area contributed by atoms with E-state index in [-0.39, 0.29) is 13.2 Å². The smallest absolute Gasteiger partial charge is 0.323 e. The van der Waals surface area contributed by atoms with Crippen molar-refractivity contribution in [1.82, 2.24) is 0 Å². The molecule has 0 unspecified atom stereocenters. The standard InChI is InChI=1S/C14H20O4S/c1-4-17-12(15)14(3,13(16)18-5-2)9-8-11-7-6-10-19-11/h6-7,10H,4-5,8-9H2,1-3H3. The van der Waals surface area contributed by atoms with Crippen LogP contribution in [0.3, 0.4) is 0 Å². The van der Waals surface area contributed by atoms with E-state index < -0.39 is 17.4 Å². The summed E-state index contributed by atoms with van der Waals surface area (Å²) in [5, 5.41) is 1.97. The molecule has 1 heterocycles. The molecule has 0 spiro atoms. The van der Waals surface area contributed by atoms with Crippen molar-refractivity contribution in [3.8, 4) is 0 Å². The van der Waals surface area contributed by atoms with Crippen molar-refractivity contribution in [1.29, 1.82) is 0 Å². The van der Waals surface area contributed by atoms with E-state index in [1.54, 1.807) is 32.1 Å². The molecule has 0 aliphatic heterocycles. The number of ether oxygens (including phenoxy) is 2. The number of hydrogen-bond acceptors (Lipinski definition) is 5. The van der Waals surface area contributed by atoms with Gasteiger partial charge in [-0.25, -0.2) is 0 Å². The van der Waals surface area contributed by atoms with Gasteiger partial charge in [0.25, 0.3) is 0 Å². The first-order valence-corrected chi connectivity index (χ1v) is 7.29. The third-order valence-electron chi connectivity index (χ3n) is 2.90. The van der Waals surface area contributed by atoms with E-state index in [0.29, 0.717) is 12.8 Å². The Kier molecular flexibility index (Phi) is 6.02. The van der Waals surface area contributed by atoms with Gasteiger partial charge in [-0.1, -0.05) is 6.07 Å². The topological polar surface area (TPSA) is 52.6 Å². The van der Waals surface area contributed by atoms with Gasteiger partial charge in [0.2, 0.25) is 0 Å². The van der Waals surface area contributed by atoms with Gasteiger partial charge < -0.3 is 9.47 Å². The quantitative estimate of drug-likeness (QED) is 0.570. The zero-order chi connectivity index (χ0) is 14.3. The summed E-state index contributed by atoms with van der Waals surface area (Å²) < 4.78 is 10.0. The first-order valence-electron chi connectivity index (χ1n) is 6.41. The maximum atomic E-state index is 12.0. The number of carbonyl (C=O) groups is 2. The van der Waals surface area contributed by atoms with Crippen LogP contribution in [0.2, 0.25) is 0 Å². The molecule has 0 radical (unpaired) electrons. The molecule has 0 saturated carbocycles. The lowest BCUT2D eigenvalue weighted by Gasteiger charge is -2.24. The number of thiophene rings is 1. The summed E-state index contributed by atoms with van der Waals surface area (Å²) in [6.07, 6.45) is 1.05. The van der Waals surface area contributed by atoms with Crippen LogP contribution < -0.4 is 0 Å². The molecule has 1 rings (SSSR count). The molecule has 106 valence electrons. The van der Waals surface area contributed by atoms with Crippen LogP contribution >= 0.6 is 11.3 Å².